The van der Waals surface area contributed by atoms with Gasteiger partial charge in [0.25, 0.3) is 0 Å². The molecule has 2 aromatic carbocycles. The summed E-state index contributed by atoms with van der Waals surface area (Å²) in [6.45, 7) is 0. The number of carbonyl (C=O) groups excluding carboxylic acids is 2. The van der Waals surface area contributed by atoms with E-state index in [9.17, 15) is 14.0 Å². The predicted octanol–water partition coefficient (Wildman–Crippen LogP) is 3.97. The summed E-state index contributed by atoms with van der Waals surface area (Å²) in [5.74, 6) is -1.67. The Labute approximate surface area is 162 Å². The van der Waals surface area contributed by atoms with Crippen LogP contribution in [0.2, 0.25) is 0 Å². The highest BCUT2D eigenvalue weighted by molar-refractivity contribution is 5.97. The molecule has 1 atom stereocenters. The molecule has 1 aromatic heterocycles. The van der Waals surface area contributed by atoms with Crippen LogP contribution in [0.5, 0.6) is 0 Å². The minimum Gasteiger partial charge on any atom is -0.465 e. The molecule has 0 fully saturated rings. The van der Waals surface area contributed by atoms with Gasteiger partial charge in [-0.25, -0.2) is 9.18 Å². The Balaban J connectivity index is 1.86. The predicted molar refractivity (Wildman–Crippen MR) is 103 cm³/mol. The lowest BCUT2D eigenvalue weighted by molar-refractivity contribution is -0.117. The highest BCUT2D eigenvalue weighted by Crippen LogP contribution is 2.24. The van der Waals surface area contributed by atoms with Crippen LogP contribution in [-0.2, 0) is 16.0 Å². The number of halogens is 1. The number of pyridine rings is 1. The Bertz CT molecular complexity index is 959. The van der Waals surface area contributed by atoms with Crippen LogP contribution >= 0.6 is 0 Å². The van der Waals surface area contributed by atoms with Crippen molar-refractivity contribution < 1.29 is 18.7 Å². The Morgan fingerprint density at radius 1 is 1.11 bits per heavy atom. The summed E-state index contributed by atoms with van der Waals surface area (Å²) in [6.07, 6.45) is 3.76. The molecule has 0 saturated carbocycles. The molecule has 28 heavy (non-hydrogen) atoms. The number of benzene rings is 2. The topological polar surface area (TPSA) is 68.3 Å². The summed E-state index contributed by atoms with van der Waals surface area (Å²) in [6, 6.07) is 16.1. The van der Waals surface area contributed by atoms with Gasteiger partial charge >= 0.3 is 5.97 Å². The minimum absolute atomic E-state index is 0.266. The molecule has 0 saturated heterocycles. The van der Waals surface area contributed by atoms with E-state index in [0.29, 0.717) is 23.2 Å². The molecular formula is C22H19FN2O3. The maximum atomic E-state index is 13.3. The van der Waals surface area contributed by atoms with Crippen molar-refractivity contribution in [1.29, 1.82) is 0 Å². The normalized spacial score (nSPS) is 11.5. The quantitative estimate of drug-likeness (QED) is 0.659. The van der Waals surface area contributed by atoms with Crippen LogP contribution in [-0.4, -0.2) is 24.0 Å². The van der Waals surface area contributed by atoms with E-state index in [1.807, 2.05) is 6.07 Å². The van der Waals surface area contributed by atoms with Crippen molar-refractivity contribution in [3.05, 3.63) is 95.6 Å². The maximum Gasteiger partial charge on any atom is 0.337 e. The molecule has 0 aliphatic rings. The van der Waals surface area contributed by atoms with E-state index in [-0.39, 0.29) is 11.7 Å². The van der Waals surface area contributed by atoms with Crippen LogP contribution < -0.4 is 5.32 Å². The van der Waals surface area contributed by atoms with Gasteiger partial charge in [-0.1, -0.05) is 24.3 Å². The molecule has 0 spiro atoms. The van der Waals surface area contributed by atoms with Gasteiger partial charge < -0.3 is 10.1 Å². The number of hydrogen-bond acceptors (Lipinski definition) is 4. The minimum atomic E-state index is -0.549. The third-order valence-corrected chi connectivity index (χ3v) is 4.30. The number of rotatable bonds is 6. The number of carbonyl (C=O) groups is 2. The van der Waals surface area contributed by atoms with Crippen molar-refractivity contribution in [2.24, 2.45) is 0 Å². The number of anilines is 1. The summed E-state index contributed by atoms with van der Waals surface area (Å²) in [5.41, 5.74) is 2.39. The maximum absolute atomic E-state index is 13.3. The Morgan fingerprint density at radius 3 is 2.57 bits per heavy atom. The van der Waals surface area contributed by atoms with Gasteiger partial charge in [-0.15, -0.1) is 0 Å². The van der Waals surface area contributed by atoms with Gasteiger partial charge in [-0.05, 0) is 53.9 Å². The van der Waals surface area contributed by atoms with Crippen molar-refractivity contribution in [2.45, 2.75) is 12.3 Å². The molecule has 0 aliphatic carbocycles. The van der Waals surface area contributed by atoms with E-state index >= 15 is 0 Å². The number of hydrogen-bond donors (Lipinski definition) is 1. The molecule has 1 heterocycles. The Kier molecular flexibility index (Phi) is 6.11. The molecule has 0 radical (unpaired) electrons. The second kappa shape index (κ2) is 8.90. The fraction of sp³-hybridized carbons (Fsp3) is 0.136. The van der Waals surface area contributed by atoms with Crippen LogP contribution in [0.25, 0.3) is 0 Å². The monoisotopic (exact) mass is 378 g/mol. The third kappa shape index (κ3) is 4.79. The van der Waals surface area contributed by atoms with Crippen LogP contribution in [0.3, 0.4) is 0 Å². The van der Waals surface area contributed by atoms with E-state index in [1.165, 1.54) is 19.2 Å². The summed E-state index contributed by atoms with van der Waals surface area (Å²) >= 11 is 0. The van der Waals surface area contributed by atoms with Crippen LogP contribution in [0.1, 0.15) is 27.4 Å². The SMILES string of the molecule is COC(=O)c1cccc(NC(=O)C(Cc2cccnc2)c2ccc(F)cc2)c1. The van der Waals surface area contributed by atoms with Gasteiger partial charge in [0.05, 0.1) is 18.6 Å². The molecule has 0 bridgehead atoms. The van der Waals surface area contributed by atoms with E-state index in [4.69, 9.17) is 4.74 Å². The number of aromatic nitrogens is 1. The highest BCUT2D eigenvalue weighted by atomic mass is 19.1. The van der Waals surface area contributed by atoms with Crippen molar-refractivity contribution in [3.63, 3.8) is 0 Å². The van der Waals surface area contributed by atoms with Gasteiger partial charge in [0, 0.05) is 18.1 Å². The largest absolute Gasteiger partial charge is 0.465 e. The van der Waals surface area contributed by atoms with Gasteiger partial charge in [-0.3, -0.25) is 9.78 Å². The Hall–Kier alpha value is -3.54. The molecular weight excluding hydrogens is 359 g/mol. The molecule has 5 nitrogen and oxygen atoms in total. The lowest BCUT2D eigenvalue weighted by atomic mass is 9.91. The number of esters is 1. The zero-order valence-corrected chi connectivity index (χ0v) is 15.3. The summed E-state index contributed by atoms with van der Waals surface area (Å²) < 4.78 is 18.0. The first-order valence-electron chi connectivity index (χ1n) is 8.70. The van der Waals surface area contributed by atoms with Crippen LogP contribution in [0, 0.1) is 5.82 Å². The molecule has 0 aliphatic heterocycles. The zero-order chi connectivity index (χ0) is 19.9. The van der Waals surface area contributed by atoms with Crippen molar-refractivity contribution in [2.75, 3.05) is 12.4 Å². The standard InChI is InChI=1S/C22H19FN2O3/c1-28-22(27)17-5-2-6-19(13-17)25-21(26)20(12-15-4-3-11-24-14-15)16-7-9-18(23)10-8-16/h2-11,13-14,20H,12H2,1H3,(H,25,26). The number of ether oxygens (including phenoxy) is 1. The molecule has 3 rings (SSSR count). The second-order valence-corrected chi connectivity index (χ2v) is 6.23. The number of methoxy groups -OCH3 is 1. The second-order valence-electron chi connectivity index (χ2n) is 6.23. The van der Waals surface area contributed by atoms with Gasteiger partial charge in [0.2, 0.25) is 5.91 Å². The number of nitrogens with zero attached hydrogens (tertiary/aromatic N) is 1. The first-order valence-corrected chi connectivity index (χ1v) is 8.70. The first kappa shape index (κ1) is 19.2. The number of amides is 1. The summed E-state index contributed by atoms with van der Waals surface area (Å²) in [7, 11) is 1.30. The fourth-order valence-electron chi connectivity index (χ4n) is 2.88. The number of nitrogens with one attached hydrogen (secondary N) is 1. The molecule has 6 heteroatoms. The molecule has 1 N–H and O–H groups in total. The molecule has 1 amide bonds. The van der Waals surface area contributed by atoms with Crippen molar-refractivity contribution in [1.82, 2.24) is 4.98 Å². The van der Waals surface area contributed by atoms with Crippen LogP contribution in [0.4, 0.5) is 10.1 Å². The van der Waals surface area contributed by atoms with Crippen LogP contribution in [0.15, 0.2) is 73.1 Å². The highest BCUT2D eigenvalue weighted by Gasteiger charge is 2.22. The van der Waals surface area contributed by atoms with Crippen molar-refractivity contribution in [3.8, 4) is 0 Å². The third-order valence-electron chi connectivity index (χ3n) is 4.30. The lowest BCUT2D eigenvalue weighted by Crippen LogP contribution is -2.23. The van der Waals surface area contributed by atoms with E-state index in [1.54, 1.807) is 54.9 Å². The van der Waals surface area contributed by atoms with Gasteiger partial charge in [0.15, 0.2) is 0 Å². The van der Waals surface area contributed by atoms with Crippen molar-refractivity contribution >= 4 is 17.6 Å². The first-order chi connectivity index (χ1) is 13.6. The molecule has 142 valence electrons. The Morgan fingerprint density at radius 2 is 1.89 bits per heavy atom. The van der Waals surface area contributed by atoms with E-state index < -0.39 is 11.9 Å². The molecule has 1 unspecified atom stereocenters. The van der Waals surface area contributed by atoms with Gasteiger partial charge in [0.1, 0.15) is 5.82 Å². The fourth-order valence-corrected chi connectivity index (χ4v) is 2.88. The summed E-state index contributed by atoms with van der Waals surface area (Å²) in [4.78, 5) is 28.8. The van der Waals surface area contributed by atoms with E-state index in [2.05, 4.69) is 10.3 Å². The average Bonchev–Trinajstić information content (AvgIpc) is 2.73. The zero-order valence-electron chi connectivity index (χ0n) is 15.3. The summed E-state index contributed by atoms with van der Waals surface area (Å²) in [5, 5.41) is 2.83. The lowest BCUT2D eigenvalue weighted by Gasteiger charge is -2.18. The van der Waals surface area contributed by atoms with Gasteiger partial charge in [-0.2, -0.15) is 0 Å². The van der Waals surface area contributed by atoms with E-state index in [0.717, 1.165) is 5.56 Å². The molecule has 3 aromatic rings. The smallest absolute Gasteiger partial charge is 0.337 e. The average molecular weight is 378 g/mol.